The first-order valence-corrected chi connectivity index (χ1v) is 9.09. The van der Waals surface area contributed by atoms with Crippen molar-refractivity contribution in [2.24, 2.45) is 0 Å². The molecular formula is C21H18ClNO5. The van der Waals surface area contributed by atoms with Crippen LogP contribution in [-0.4, -0.2) is 39.3 Å². The van der Waals surface area contributed by atoms with E-state index >= 15 is 0 Å². The Morgan fingerprint density at radius 2 is 1.64 bits per heavy atom. The highest BCUT2D eigenvalue weighted by Gasteiger charge is 2.45. The maximum atomic E-state index is 12.7. The first-order valence-electron chi connectivity index (χ1n) is 8.71. The van der Waals surface area contributed by atoms with Crippen molar-refractivity contribution in [3.63, 3.8) is 0 Å². The van der Waals surface area contributed by atoms with Crippen LogP contribution in [0, 0.1) is 0 Å². The minimum absolute atomic E-state index is 0.0196. The molecule has 1 amide bonds. The van der Waals surface area contributed by atoms with Gasteiger partial charge in [-0.05, 0) is 36.2 Å². The van der Waals surface area contributed by atoms with Crippen molar-refractivity contribution in [3.05, 3.63) is 76.3 Å². The van der Waals surface area contributed by atoms with Crippen LogP contribution in [0.2, 0.25) is 5.02 Å². The Bertz CT molecular complexity index is 937. The van der Waals surface area contributed by atoms with Gasteiger partial charge in [-0.25, -0.2) is 0 Å². The first-order chi connectivity index (χ1) is 13.4. The first kappa shape index (κ1) is 19.6. The molecule has 2 N–H and O–H groups in total. The molecule has 0 radical (unpaired) electrons. The fourth-order valence-electron chi connectivity index (χ4n) is 3.26. The Balaban J connectivity index is 2.07. The molecule has 0 unspecified atom stereocenters. The van der Waals surface area contributed by atoms with E-state index in [0.29, 0.717) is 16.1 Å². The van der Waals surface area contributed by atoms with Crippen molar-refractivity contribution in [3.8, 4) is 0 Å². The van der Waals surface area contributed by atoms with Gasteiger partial charge in [0.25, 0.3) is 11.7 Å². The average molecular weight is 400 g/mol. The molecule has 28 heavy (non-hydrogen) atoms. The summed E-state index contributed by atoms with van der Waals surface area (Å²) in [6, 6.07) is 14.4. The molecular weight excluding hydrogens is 382 g/mol. The van der Waals surface area contributed by atoms with Crippen molar-refractivity contribution in [2.75, 3.05) is 6.54 Å². The molecule has 0 bridgehead atoms. The fraction of sp³-hybridized carbons (Fsp3) is 0.190. The molecule has 1 aliphatic rings. The van der Waals surface area contributed by atoms with Gasteiger partial charge in [0.2, 0.25) is 0 Å². The molecule has 1 heterocycles. The number of Topliss-reactive ketones (excluding diaryl/α,β-unsaturated/α-hetero) is 1. The summed E-state index contributed by atoms with van der Waals surface area (Å²) >= 11 is 5.88. The van der Waals surface area contributed by atoms with E-state index in [0.717, 1.165) is 0 Å². The Morgan fingerprint density at radius 1 is 1.00 bits per heavy atom. The summed E-state index contributed by atoms with van der Waals surface area (Å²) < 4.78 is 0. The molecule has 2 aromatic rings. The fourth-order valence-corrected chi connectivity index (χ4v) is 3.38. The number of rotatable bonds is 6. The second-order valence-electron chi connectivity index (χ2n) is 6.41. The lowest BCUT2D eigenvalue weighted by atomic mass is 9.95. The number of ketones is 1. The molecule has 0 spiro atoms. The number of benzene rings is 2. The number of aliphatic hydroxyl groups excluding tert-OH is 1. The number of aliphatic carboxylic acids is 1. The van der Waals surface area contributed by atoms with Gasteiger partial charge in [-0.2, -0.15) is 0 Å². The molecule has 0 aliphatic carbocycles. The van der Waals surface area contributed by atoms with Crippen molar-refractivity contribution >= 4 is 35.0 Å². The van der Waals surface area contributed by atoms with E-state index < -0.39 is 23.7 Å². The zero-order valence-electron chi connectivity index (χ0n) is 14.8. The Morgan fingerprint density at radius 3 is 2.25 bits per heavy atom. The molecule has 1 fully saturated rings. The van der Waals surface area contributed by atoms with Gasteiger partial charge in [-0.1, -0.05) is 41.9 Å². The maximum Gasteiger partial charge on any atom is 0.303 e. The SMILES string of the molecule is O=C(O)CCCN1C(=O)C(=O)C(=C(O)c2ccc(Cl)cc2)[C@H]1c1ccccc1. The van der Waals surface area contributed by atoms with Gasteiger partial charge in [-0.15, -0.1) is 0 Å². The number of nitrogens with zero attached hydrogens (tertiary/aromatic N) is 1. The van der Waals surface area contributed by atoms with Crippen LogP contribution >= 0.6 is 11.6 Å². The summed E-state index contributed by atoms with van der Waals surface area (Å²) in [5.74, 6) is -2.81. The third-order valence-corrected chi connectivity index (χ3v) is 4.81. The summed E-state index contributed by atoms with van der Waals surface area (Å²) in [5.41, 5.74) is 1.01. The highest BCUT2D eigenvalue weighted by atomic mass is 35.5. The van der Waals surface area contributed by atoms with Gasteiger partial charge in [0, 0.05) is 23.6 Å². The molecule has 6 nitrogen and oxygen atoms in total. The zero-order chi connectivity index (χ0) is 20.3. The number of halogens is 1. The Kier molecular flexibility index (Phi) is 5.80. The smallest absolute Gasteiger partial charge is 0.303 e. The van der Waals surface area contributed by atoms with E-state index in [-0.39, 0.29) is 30.7 Å². The predicted octanol–water partition coefficient (Wildman–Crippen LogP) is 3.63. The van der Waals surface area contributed by atoms with Gasteiger partial charge in [0.05, 0.1) is 11.6 Å². The number of likely N-dealkylation sites (tertiary alicyclic amines) is 1. The van der Waals surface area contributed by atoms with Crippen LogP contribution in [0.4, 0.5) is 0 Å². The van der Waals surface area contributed by atoms with Gasteiger partial charge < -0.3 is 15.1 Å². The molecule has 1 atom stereocenters. The van der Waals surface area contributed by atoms with Crippen LogP contribution in [-0.2, 0) is 14.4 Å². The van der Waals surface area contributed by atoms with Crippen molar-refractivity contribution < 1.29 is 24.6 Å². The van der Waals surface area contributed by atoms with Crippen LogP contribution in [0.1, 0.15) is 30.0 Å². The van der Waals surface area contributed by atoms with Crippen LogP contribution in [0.15, 0.2) is 60.2 Å². The third kappa shape index (κ3) is 3.92. The molecule has 0 aromatic heterocycles. The number of hydrogen-bond acceptors (Lipinski definition) is 4. The van der Waals surface area contributed by atoms with Crippen LogP contribution in [0.3, 0.4) is 0 Å². The molecule has 0 saturated carbocycles. The van der Waals surface area contributed by atoms with E-state index in [1.807, 2.05) is 0 Å². The van der Waals surface area contributed by atoms with E-state index in [9.17, 15) is 19.5 Å². The van der Waals surface area contributed by atoms with Gasteiger partial charge in [0.15, 0.2) is 0 Å². The van der Waals surface area contributed by atoms with Gasteiger partial charge >= 0.3 is 5.97 Å². The molecule has 2 aromatic carbocycles. The Hall–Kier alpha value is -3.12. The number of carboxylic acids is 1. The van der Waals surface area contributed by atoms with Gasteiger partial charge in [0.1, 0.15) is 5.76 Å². The molecule has 7 heteroatoms. The monoisotopic (exact) mass is 399 g/mol. The van der Waals surface area contributed by atoms with Gasteiger partial charge in [-0.3, -0.25) is 14.4 Å². The van der Waals surface area contributed by atoms with Crippen molar-refractivity contribution in [1.82, 2.24) is 4.90 Å². The van der Waals surface area contributed by atoms with E-state index in [2.05, 4.69) is 0 Å². The van der Waals surface area contributed by atoms with E-state index in [1.165, 1.54) is 4.90 Å². The topological polar surface area (TPSA) is 94.9 Å². The number of carboxylic acid groups (broad SMARTS) is 1. The summed E-state index contributed by atoms with van der Waals surface area (Å²) in [5, 5.41) is 20.2. The standard InChI is InChI=1S/C21H18ClNO5/c22-15-10-8-14(9-11-15)19(26)17-18(13-5-2-1-3-6-13)23(21(28)20(17)27)12-4-7-16(24)25/h1-3,5-6,8-11,18,26H,4,7,12H2,(H,24,25)/t18-/m1/s1. The molecule has 144 valence electrons. The summed E-state index contributed by atoms with van der Waals surface area (Å²) in [4.78, 5) is 37.5. The predicted molar refractivity (Wildman–Crippen MR) is 104 cm³/mol. The number of aliphatic hydroxyl groups is 1. The highest BCUT2D eigenvalue weighted by Crippen LogP contribution is 2.39. The van der Waals surface area contributed by atoms with E-state index in [1.54, 1.807) is 54.6 Å². The van der Waals surface area contributed by atoms with Crippen LogP contribution in [0.25, 0.3) is 5.76 Å². The van der Waals surface area contributed by atoms with Crippen molar-refractivity contribution in [2.45, 2.75) is 18.9 Å². The molecule has 3 rings (SSSR count). The summed E-state index contributed by atoms with van der Waals surface area (Å²) in [7, 11) is 0. The molecule has 1 aliphatic heterocycles. The largest absolute Gasteiger partial charge is 0.507 e. The number of carbonyl (C=O) groups excluding carboxylic acids is 2. The normalized spacial score (nSPS) is 18.5. The molecule has 1 saturated heterocycles. The second-order valence-corrected chi connectivity index (χ2v) is 6.84. The minimum atomic E-state index is -0.978. The summed E-state index contributed by atoms with van der Waals surface area (Å²) in [6.45, 7) is 0.0911. The lowest BCUT2D eigenvalue weighted by Gasteiger charge is -2.25. The lowest BCUT2D eigenvalue weighted by Crippen LogP contribution is -2.31. The Labute approximate surface area is 166 Å². The number of hydrogen-bond donors (Lipinski definition) is 2. The van der Waals surface area contributed by atoms with Crippen molar-refractivity contribution in [1.29, 1.82) is 0 Å². The quantitative estimate of drug-likeness (QED) is 0.439. The van der Waals surface area contributed by atoms with Crippen LogP contribution < -0.4 is 0 Å². The number of carbonyl (C=O) groups is 3. The second kappa shape index (κ2) is 8.27. The zero-order valence-corrected chi connectivity index (χ0v) is 15.6. The average Bonchev–Trinajstić information content (AvgIpc) is 2.93. The maximum absolute atomic E-state index is 12.7. The lowest BCUT2D eigenvalue weighted by molar-refractivity contribution is -0.140. The minimum Gasteiger partial charge on any atom is -0.507 e. The number of amides is 1. The third-order valence-electron chi connectivity index (χ3n) is 4.56. The summed E-state index contributed by atoms with van der Waals surface area (Å²) in [6.07, 6.45) is 0.0777. The highest BCUT2D eigenvalue weighted by molar-refractivity contribution is 6.46. The van der Waals surface area contributed by atoms with E-state index in [4.69, 9.17) is 16.7 Å². The van der Waals surface area contributed by atoms with Crippen LogP contribution in [0.5, 0.6) is 0 Å².